The Morgan fingerprint density at radius 1 is 1.40 bits per heavy atom. The summed E-state index contributed by atoms with van der Waals surface area (Å²) in [5, 5.41) is 12.3. The molecule has 1 rings (SSSR count). The first-order chi connectivity index (χ1) is 9.38. The van der Waals surface area contributed by atoms with Crippen LogP contribution in [0, 0.1) is 23.4 Å². The molecule has 3 nitrogen and oxygen atoms in total. The standard InChI is InChI=1S/C13H15BrF3NO2/c1-7(6-14)3-2-4-18-13(20)8-5-9(15)11(17)12(19)10(8)16/h5,7,19H,2-4,6H2,1H3,(H,18,20). The molecule has 1 aromatic rings. The van der Waals surface area contributed by atoms with Gasteiger partial charge in [-0.05, 0) is 24.8 Å². The van der Waals surface area contributed by atoms with Crippen LogP contribution in [0.1, 0.15) is 30.1 Å². The van der Waals surface area contributed by atoms with E-state index in [9.17, 15) is 18.0 Å². The molecule has 0 saturated heterocycles. The maximum Gasteiger partial charge on any atom is 0.254 e. The molecule has 0 heterocycles. The van der Waals surface area contributed by atoms with E-state index in [1.165, 1.54) is 0 Å². The van der Waals surface area contributed by atoms with Crippen LogP contribution in [0.4, 0.5) is 13.2 Å². The number of aromatic hydroxyl groups is 1. The maximum atomic E-state index is 13.5. The van der Waals surface area contributed by atoms with Gasteiger partial charge in [-0.25, -0.2) is 8.78 Å². The molecule has 0 aromatic heterocycles. The molecule has 7 heteroatoms. The molecule has 1 aromatic carbocycles. The van der Waals surface area contributed by atoms with E-state index in [4.69, 9.17) is 5.11 Å². The van der Waals surface area contributed by atoms with Crippen molar-refractivity contribution in [3.63, 3.8) is 0 Å². The molecule has 112 valence electrons. The fourth-order valence-electron chi connectivity index (χ4n) is 1.58. The van der Waals surface area contributed by atoms with E-state index in [1.807, 2.05) is 6.92 Å². The highest BCUT2D eigenvalue weighted by Gasteiger charge is 2.22. The van der Waals surface area contributed by atoms with Gasteiger partial charge in [0.1, 0.15) is 0 Å². The van der Waals surface area contributed by atoms with Crippen molar-refractivity contribution in [2.24, 2.45) is 5.92 Å². The zero-order chi connectivity index (χ0) is 15.3. The number of carbonyl (C=O) groups excluding carboxylic acids is 1. The van der Waals surface area contributed by atoms with E-state index in [1.54, 1.807) is 0 Å². The second kappa shape index (κ2) is 7.52. The molecule has 1 unspecified atom stereocenters. The Morgan fingerprint density at radius 3 is 2.65 bits per heavy atom. The molecule has 0 saturated carbocycles. The van der Waals surface area contributed by atoms with E-state index in [-0.39, 0.29) is 6.54 Å². The molecule has 20 heavy (non-hydrogen) atoms. The van der Waals surface area contributed by atoms with Gasteiger partial charge in [-0.3, -0.25) is 4.79 Å². The molecule has 0 bridgehead atoms. The Balaban J connectivity index is 2.65. The fourth-order valence-corrected chi connectivity index (χ4v) is 1.90. The Morgan fingerprint density at radius 2 is 2.05 bits per heavy atom. The predicted octanol–water partition coefficient (Wildman–Crippen LogP) is 3.35. The van der Waals surface area contributed by atoms with Crippen LogP contribution in [0.5, 0.6) is 5.75 Å². The summed E-state index contributed by atoms with van der Waals surface area (Å²) in [5.74, 6) is -6.57. The van der Waals surface area contributed by atoms with Crippen LogP contribution in [0.3, 0.4) is 0 Å². The average molecular weight is 354 g/mol. The van der Waals surface area contributed by atoms with Gasteiger partial charge < -0.3 is 10.4 Å². The van der Waals surface area contributed by atoms with E-state index >= 15 is 0 Å². The quantitative estimate of drug-likeness (QED) is 0.468. The van der Waals surface area contributed by atoms with Crippen molar-refractivity contribution in [2.45, 2.75) is 19.8 Å². The van der Waals surface area contributed by atoms with Crippen LogP contribution in [-0.2, 0) is 0 Å². The third kappa shape index (κ3) is 4.13. The number of alkyl halides is 1. The first kappa shape index (κ1) is 16.8. The van der Waals surface area contributed by atoms with Crippen LogP contribution in [-0.4, -0.2) is 22.9 Å². The molecule has 1 atom stereocenters. The number of hydrogen-bond acceptors (Lipinski definition) is 2. The highest BCUT2D eigenvalue weighted by atomic mass is 79.9. The minimum absolute atomic E-state index is 0.287. The van der Waals surface area contributed by atoms with E-state index in [0.29, 0.717) is 18.4 Å². The lowest BCUT2D eigenvalue weighted by Gasteiger charge is -2.10. The monoisotopic (exact) mass is 353 g/mol. The lowest BCUT2D eigenvalue weighted by atomic mass is 10.1. The van der Waals surface area contributed by atoms with Crippen molar-refractivity contribution in [1.29, 1.82) is 0 Å². The van der Waals surface area contributed by atoms with Gasteiger partial charge in [0, 0.05) is 11.9 Å². The second-order valence-corrected chi connectivity index (χ2v) is 5.19. The number of hydrogen-bond donors (Lipinski definition) is 2. The summed E-state index contributed by atoms with van der Waals surface area (Å²) in [6, 6.07) is 0.431. The molecule has 0 aliphatic rings. The second-order valence-electron chi connectivity index (χ2n) is 4.54. The summed E-state index contributed by atoms with van der Waals surface area (Å²) in [6.45, 7) is 2.32. The molecule has 2 N–H and O–H groups in total. The lowest BCUT2D eigenvalue weighted by molar-refractivity contribution is 0.0946. The predicted molar refractivity (Wildman–Crippen MR) is 72.5 cm³/mol. The van der Waals surface area contributed by atoms with Crippen molar-refractivity contribution < 1.29 is 23.1 Å². The summed E-state index contributed by atoms with van der Waals surface area (Å²) in [7, 11) is 0. The van der Waals surface area contributed by atoms with Crippen molar-refractivity contribution in [1.82, 2.24) is 5.32 Å². The van der Waals surface area contributed by atoms with Crippen LogP contribution >= 0.6 is 15.9 Å². The molecular formula is C13H15BrF3NO2. The Bertz CT molecular complexity index is 497. The number of phenolic OH excluding ortho intramolecular Hbond substituents is 1. The molecular weight excluding hydrogens is 339 g/mol. The van der Waals surface area contributed by atoms with Gasteiger partial charge in [-0.15, -0.1) is 0 Å². The number of carbonyl (C=O) groups is 1. The fraction of sp³-hybridized carbons (Fsp3) is 0.462. The molecule has 0 spiro atoms. The first-order valence-electron chi connectivity index (χ1n) is 6.09. The summed E-state index contributed by atoms with van der Waals surface area (Å²) >= 11 is 3.32. The van der Waals surface area contributed by atoms with Gasteiger partial charge in [0.05, 0.1) is 5.56 Å². The first-order valence-corrected chi connectivity index (χ1v) is 7.21. The SMILES string of the molecule is CC(CBr)CCCNC(=O)c1cc(F)c(F)c(O)c1F. The molecule has 0 aliphatic heterocycles. The number of nitrogens with one attached hydrogen (secondary N) is 1. The lowest BCUT2D eigenvalue weighted by Crippen LogP contribution is -2.26. The third-order valence-electron chi connectivity index (χ3n) is 2.80. The van der Waals surface area contributed by atoms with E-state index < -0.39 is 34.7 Å². The summed E-state index contributed by atoms with van der Waals surface area (Å²) < 4.78 is 39.4. The van der Waals surface area contributed by atoms with Gasteiger partial charge in [0.15, 0.2) is 17.4 Å². The highest BCUT2D eigenvalue weighted by Crippen LogP contribution is 2.25. The number of benzene rings is 1. The number of amides is 1. The van der Waals surface area contributed by atoms with Crippen molar-refractivity contribution >= 4 is 21.8 Å². The minimum atomic E-state index is -1.70. The zero-order valence-electron chi connectivity index (χ0n) is 10.9. The normalized spacial score (nSPS) is 12.2. The van der Waals surface area contributed by atoms with Crippen LogP contribution in [0.15, 0.2) is 6.07 Å². The summed E-state index contributed by atoms with van der Waals surface area (Å²) in [4.78, 5) is 11.6. The largest absolute Gasteiger partial charge is 0.503 e. The van der Waals surface area contributed by atoms with Gasteiger partial charge in [-0.2, -0.15) is 4.39 Å². The van der Waals surface area contributed by atoms with Gasteiger partial charge in [-0.1, -0.05) is 22.9 Å². The van der Waals surface area contributed by atoms with Gasteiger partial charge in [0.2, 0.25) is 5.82 Å². The minimum Gasteiger partial charge on any atom is -0.503 e. The Labute approximate surface area is 123 Å². The Hall–Kier alpha value is -1.24. The molecule has 0 aliphatic carbocycles. The topological polar surface area (TPSA) is 49.3 Å². The Kier molecular flexibility index (Phi) is 6.32. The van der Waals surface area contributed by atoms with Gasteiger partial charge >= 0.3 is 0 Å². The number of phenols is 1. The van der Waals surface area contributed by atoms with Crippen LogP contribution in [0.2, 0.25) is 0 Å². The smallest absolute Gasteiger partial charge is 0.254 e. The highest BCUT2D eigenvalue weighted by molar-refractivity contribution is 9.09. The van der Waals surface area contributed by atoms with E-state index in [2.05, 4.69) is 21.2 Å². The number of halogens is 4. The molecule has 1 amide bonds. The zero-order valence-corrected chi connectivity index (χ0v) is 12.4. The average Bonchev–Trinajstić information content (AvgIpc) is 2.44. The van der Waals surface area contributed by atoms with Crippen molar-refractivity contribution in [3.8, 4) is 5.75 Å². The third-order valence-corrected chi connectivity index (χ3v) is 3.91. The molecule has 0 fully saturated rings. The van der Waals surface area contributed by atoms with Crippen molar-refractivity contribution in [3.05, 3.63) is 29.1 Å². The maximum absolute atomic E-state index is 13.5. The van der Waals surface area contributed by atoms with Gasteiger partial charge in [0.25, 0.3) is 5.91 Å². The van der Waals surface area contributed by atoms with Crippen molar-refractivity contribution in [2.75, 3.05) is 11.9 Å². The van der Waals surface area contributed by atoms with Crippen LogP contribution in [0.25, 0.3) is 0 Å². The number of rotatable bonds is 6. The summed E-state index contributed by atoms with van der Waals surface area (Å²) in [5.41, 5.74) is -0.713. The molecule has 0 radical (unpaired) electrons. The van der Waals surface area contributed by atoms with E-state index in [0.717, 1.165) is 11.8 Å². The summed E-state index contributed by atoms with van der Waals surface area (Å²) in [6.07, 6.45) is 1.53. The van der Waals surface area contributed by atoms with Crippen LogP contribution < -0.4 is 5.32 Å².